The third-order valence-corrected chi connectivity index (χ3v) is 7.12. The first kappa shape index (κ1) is 20.9. The number of aromatic nitrogens is 6. The Morgan fingerprint density at radius 3 is 2.50 bits per heavy atom. The number of nitrogens with zero attached hydrogens (tertiary/aromatic N) is 5. The van der Waals surface area contributed by atoms with Crippen molar-refractivity contribution < 1.29 is 4.79 Å². The number of thioether (sulfide) groups is 1. The zero-order chi connectivity index (χ0) is 22.7. The Labute approximate surface area is 187 Å². The molecule has 11 heteroatoms. The van der Waals surface area contributed by atoms with E-state index < -0.39 is 16.5 Å². The molecule has 0 radical (unpaired) electrons. The van der Waals surface area contributed by atoms with Gasteiger partial charge in [-0.3, -0.25) is 23.8 Å². The number of H-pyrrole nitrogens is 1. The predicted molar refractivity (Wildman–Crippen MR) is 121 cm³/mol. The number of anilines is 1. The number of amides is 1. The molecule has 2 aliphatic carbocycles. The molecule has 1 amide bonds. The standard InChI is InChI=1S/C21H25N7O3S/c1-9-15(10(2)27(4)26-9)22-18(29)11(3)32-20-14-17(23-16(24-20)12-5-6-12)28(13-7-8-13)21(31)25-19(14)30/h11-13H,5-8H2,1-4H3,(H,22,29)(H,25,30,31)/t11-/m0/s1. The summed E-state index contributed by atoms with van der Waals surface area (Å²) in [4.78, 5) is 50.0. The topological polar surface area (TPSA) is 128 Å². The number of rotatable bonds is 6. The predicted octanol–water partition coefficient (Wildman–Crippen LogP) is 2.16. The van der Waals surface area contributed by atoms with Gasteiger partial charge in [-0.25, -0.2) is 14.8 Å². The van der Waals surface area contributed by atoms with E-state index in [4.69, 9.17) is 0 Å². The summed E-state index contributed by atoms with van der Waals surface area (Å²) in [7, 11) is 1.83. The summed E-state index contributed by atoms with van der Waals surface area (Å²) in [5.41, 5.74) is 1.72. The number of nitrogens with one attached hydrogen (secondary N) is 2. The van der Waals surface area contributed by atoms with Gasteiger partial charge in [0.2, 0.25) is 5.91 Å². The molecule has 0 saturated heterocycles. The van der Waals surface area contributed by atoms with Crippen LogP contribution in [0.2, 0.25) is 0 Å². The smallest absolute Gasteiger partial charge is 0.322 e. The van der Waals surface area contributed by atoms with Crippen LogP contribution in [0.3, 0.4) is 0 Å². The summed E-state index contributed by atoms with van der Waals surface area (Å²) >= 11 is 1.21. The van der Waals surface area contributed by atoms with Crippen LogP contribution in [0, 0.1) is 13.8 Å². The number of carbonyl (C=O) groups excluding carboxylic acids is 1. The fraction of sp³-hybridized carbons (Fsp3) is 0.524. The molecule has 2 fully saturated rings. The van der Waals surface area contributed by atoms with Crippen LogP contribution in [0.5, 0.6) is 0 Å². The lowest BCUT2D eigenvalue weighted by Crippen LogP contribution is -2.31. The van der Waals surface area contributed by atoms with E-state index >= 15 is 0 Å². The molecule has 2 aliphatic rings. The normalized spacial score (nSPS) is 17.0. The second-order valence-corrected chi connectivity index (χ2v) is 9.97. The van der Waals surface area contributed by atoms with Crippen molar-refractivity contribution in [2.75, 3.05) is 5.32 Å². The summed E-state index contributed by atoms with van der Waals surface area (Å²) < 4.78 is 3.31. The van der Waals surface area contributed by atoms with Gasteiger partial charge in [0.25, 0.3) is 5.56 Å². The average molecular weight is 456 g/mol. The van der Waals surface area contributed by atoms with Crippen molar-refractivity contribution >= 4 is 34.4 Å². The first-order valence-corrected chi connectivity index (χ1v) is 11.7. The van der Waals surface area contributed by atoms with E-state index in [9.17, 15) is 14.4 Å². The van der Waals surface area contributed by atoms with Gasteiger partial charge in [-0.2, -0.15) is 5.10 Å². The SMILES string of the molecule is Cc1nn(C)c(C)c1NC(=O)[C@H](C)Sc1nc(C2CC2)nc2c1c(=O)[nH]c(=O)n2C1CC1. The average Bonchev–Trinajstić information content (AvgIpc) is 3.63. The number of carbonyl (C=O) groups is 1. The van der Waals surface area contributed by atoms with E-state index in [1.807, 2.05) is 20.9 Å². The van der Waals surface area contributed by atoms with E-state index in [1.54, 1.807) is 16.2 Å². The largest absolute Gasteiger partial charge is 0.330 e. The number of aromatic amines is 1. The van der Waals surface area contributed by atoms with Crippen LogP contribution < -0.4 is 16.6 Å². The second-order valence-electron chi connectivity index (χ2n) is 8.64. The Balaban J connectivity index is 1.53. The summed E-state index contributed by atoms with van der Waals surface area (Å²) in [5.74, 6) is 0.678. The molecule has 32 heavy (non-hydrogen) atoms. The molecule has 2 N–H and O–H groups in total. The van der Waals surface area contributed by atoms with Gasteiger partial charge in [0.05, 0.1) is 22.3 Å². The fourth-order valence-electron chi connectivity index (χ4n) is 3.82. The van der Waals surface area contributed by atoms with Crippen molar-refractivity contribution in [3.63, 3.8) is 0 Å². The third kappa shape index (κ3) is 3.64. The monoisotopic (exact) mass is 455 g/mol. The summed E-state index contributed by atoms with van der Waals surface area (Å²) in [5, 5.41) is 7.48. The first-order valence-electron chi connectivity index (χ1n) is 10.8. The second kappa shape index (κ2) is 7.58. The van der Waals surface area contributed by atoms with E-state index in [1.165, 1.54) is 11.8 Å². The molecular weight excluding hydrogens is 430 g/mol. The van der Waals surface area contributed by atoms with Gasteiger partial charge in [-0.05, 0) is 46.5 Å². The van der Waals surface area contributed by atoms with Crippen molar-refractivity contribution in [1.29, 1.82) is 0 Å². The highest BCUT2D eigenvalue weighted by molar-refractivity contribution is 8.00. The van der Waals surface area contributed by atoms with Gasteiger partial charge in [0.1, 0.15) is 16.2 Å². The zero-order valence-corrected chi connectivity index (χ0v) is 19.2. The Kier molecular flexibility index (Phi) is 4.95. The molecule has 3 aromatic rings. The highest BCUT2D eigenvalue weighted by atomic mass is 32.2. The minimum Gasteiger partial charge on any atom is -0.322 e. The lowest BCUT2D eigenvalue weighted by molar-refractivity contribution is -0.115. The van der Waals surface area contributed by atoms with Crippen LogP contribution in [-0.2, 0) is 11.8 Å². The summed E-state index contributed by atoms with van der Waals surface area (Å²) in [6, 6.07) is 0.0545. The minimum absolute atomic E-state index is 0.0545. The van der Waals surface area contributed by atoms with E-state index in [0.29, 0.717) is 22.2 Å². The van der Waals surface area contributed by atoms with Gasteiger partial charge < -0.3 is 5.32 Å². The van der Waals surface area contributed by atoms with Gasteiger partial charge >= 0.3 is 5.69 Å². The lowest BCUT2D eigenvalue weighted by Gasteiger charge is -2.15. The molecule has 0 spiro atoms. The van der Waals surface area contributed by atoms with Crippen LogP contribution in [0.25, 0.3) is 11.0 Å². The number of hydrogen-bond acceptors (Lipinski definition) is 7. The molecule has 1 atom stereocenters. The highest BCUT2D eigenvalue weighted by Crippen LogP contribution is 2.41. The van der Waals surface area contributed by atoms with Crippen molar-refractivity contribution in [2.45, 2.75) is 68.7 Å². The third-order valence-electron chi connectivity index (χ3n) is 6.04. The van der Waals surface area contributed by atoms with E-state index in [-0.39, 0.29) is 23.3 Å². The number of aryl methyl sites for hydroxylation is 2. The van der Waals surface area contributed by atoms with Gasteiger partial charge in [-0.15, -0.1) is 0 Å². The molecule has 5 rings (SSSR count). The number of fused-ring (bicyclic) bond motifs is 1. The molecule has 0 bridgehead atoms. The van der Waals surface area contributed by atoms with E-state index in [2.05, 4.69) is 25.4 Å². The van der Waals surface area contributed by atoms with Crippen LogP contribution in [0.15, 0.2) is 14.6 Å². The molecule has 0 unspecified atom stereocenters. The fourth-order valence-corrected chi connectivity index (χ4v) is 4.76. The summed E-state index contributed by atoms with van der Waals surface area (Å²) in [6.07, 6.45) is 3.74. The lowest BCUT2D eigenvalue weighted by atomic mass is 10.3. The van der Waals surface area contributed by atoms with Crippen LogP contribution in [-0.4, -0.2) is 40.5 Å². The first-order chi connectivity index (χ1) is 15.2. The van der Waals surface area contributed by atoms with Crippen LogP contribution in [0.4, 0.5) is 5.69 Å². The van der Waals surface area contributed by atoms with Crippen molar-refractivity contribution in [3.05, 3.63) is 38.1 Å². The Bertz CT molecular complexity index is 1360. The number of hydrogen-bond donors (Lipinski definition) is 2. The van der Waals surface area contributed by atoms with E-state index in [0.717, 1.165) is 37.1 Å². The van der Waals surface area contributed by atoms with Crippen LogP contribution in [0.1, 0.15) is 61.8 Å². The molecule has 168 valence electrons. The van der Waals surface area contributed by atoms with Crippen molar-refractivity contribution in [1.82, 2.24) is 29.3 Å². The van der Waals surface area contributed by atoms with Gasteiger partial charge in [-0.1, -0.05) is 11.8 Å². The summed E-state index contributed by atoms with van der Waals surface area (Å²) in [6.45, 7) is 5.51. The van der Waals surface area contributed by atoms with Crippen molar-refractivity contribution in [3.8, 4) is 0 Å². The maximum absolute atomic E-state index is 13.0. The van der Waals surface area contributed by atoms with Crippen LogP contribution >= 0.6 is 11.8 Å². The highest BCUT2D eigenvalue weighted by Gasteiger charge is 2.33. The maximum atomic E-state index is 13.0. The molecule has 10 nitrogen and oxygen atoms in total. The minimum atomic E-state index is -0.528. The van der Waals surface area contributed by atoms with Gasteiger partial charge in [0.15, 0.2) is 5.65 Å². The maximum Gasteiger partial charge on any atom is 0.330 e. The Morgan fingerprint density at radius 1 is 1.19 bits per heavy atom. The molecule has 0 aromatic carbocycles. The molecule has 3 aromatic heterocycles. The zero-order valence-electron chi connectivity index (χ0n) is 18.4. The molecule has 3 heterocycles. The van der Waals surface area contributed by atoms with Gasteiger partial charge in [0, 0.05) is 19.0 Å². The Hall–Kier alpha value is -2.95. The Morgan fingerprint density at radius 2 is 1.91 bits per heavy atom. The van der Waals surface area contributed by atoms with Crippen molar-refractivity contribution in [2.24, 2.45) is 7.05 Å². The molecule has 0 aliphatic heterocycles. The quantitative estimate of drug-likeness (QED) is 0.431. The molecule has 2 saturated carbocycles. The molecular formula is C21H25N7O3S.